The lowest BCUT2D eigenvalue weighted by Gasteiger charge is -2.11. The monoisotopic (exact) mass is 394 g/mol. The van der Waals surface area contributed by atoms with Crippen LogP contribution in [0.3, 0.4) is 0 Å². The number of carboxylic acids is 1. The van der Waals surface area contributed by atoms with Crippen molar-refractivity contribution in [2.45, 2.75) is 0 Å². The minimum absolute atomic E-state index is 0.0683. The first kappa shape index (κ1) is 19.2. The maximum absolute atomic E-state index is 12.1. The van der Waals surface area contributed by atoms with Crippen LogP contribution in [0.15, 0.2) is 60.9 Å². The quantitative estimate of drug-likeness (QED) is 0.349. The van der Waals surface area contributed by atoms with Crippen molar-refractivity contribution in [2.75, 3.05) is 10.7 Å². The molecule has 0 aliphatic rings. The van der Waals surface area contributed by atoms with Crippen LogP contribution in [0.25, 0.3) is 0 Å². The van der Waals surface area contributed by atoms with Gasteiger partial charge in [0, 0.05) is 11.3 Å². The number of benzene rings is 2. The van der Waals surface area contributed by atoms with Crippen molar-refractivity contribution < 1.29 is 19.6 Å². The number of aromatic nitrogens is 2. The Morgan fingerprint density at radius 3 is 2.21 bits per heavy atom. The van der Waals surface area contributed by atoms with Gasteiger partial charge in [-0.1, -0.05) is 18.2 Å². The molecule has 0 aliphatic carbocycles. The van der Waals surface area contributed by atoms with Crippen LogP contribution in [0.5, 0.6) is 0 Å². The topological polar surface area (TPSA) is 159 Å². The van der Waals surface area contributed by atoms with Gasteiger partial charge >= 0.3 is 11.7 Å². The van der Waals surface area contributed by atoms with Crippen LogP contribution in [0.2, 0.25) is 0 Å². The Morgan fingerprint density at radius 2 is 1.59 bits per heavy atom. The summed E-state index contributed by atoms with van der Waals surface area (Å²) in [6.07, 6.45) is 1.08. The summed E-state index contributed by atoms with van der Waals surface area (Å²) in [5, 5.41) is 23.2. The Kier molecular flexibility index (Phi) is 5.59. The molecule has 3 aromatic rings. The Hall–Kier alpha value is -4.54. The lowest BCUT2D eigenvalue weighted by molar-refractivity contribution is -0.383. The second-order valence-electron chi connectivity index (χ2n) is 5.63. The van der Waals surface area contributed by atoms with Gasteiger partial charge in [-0.05, 0) is 36.4 Å². The molecule has 0 atom stereocenters. The molecule has 146 valence electrons. The molecule has 29 heavy (non-hydrogen) atoms. The summed E-state index contributed by atoms with van der Waals surface area (Å²) >= 11 is 0. The summed E-state index contributed by atoms with van der Waals surface area (Å²) in [7, 11) is 0. The molecule has 0 saturated heterocycles. The molecule has 4 N–H and O–H groups in total. The molecule has 0 spiro atoms. The maximum Gasteiger partial charge on any atom is 0.355 e. The van der Waals surface area contributed by atoms with E-state index < -0.39 is 22.5 Å². The molecule has 0 radical (unpaired) electrons. The fraction of sp³-hybridized carbons (Fsp3) is 0. The minimum atomic E-state index is -1.09. The molecule has 11 nitrogen and oxygen atoms in total. The van der Waals surface area contributed by atoms with Crippen molar-refractivity contribution in [1.29, 1.82) is 0 Å². The van der Waals surface area contributed by atoms with Gasteiger partial charge in [-0.2, -0.15) is 0 Å². The number of carboxylic acid groups (broad SMARTS) is 1. The highest BCUT2D eigenvalue weighted by molar-refractivity contribution is 5.95. The summed E-state index contributed by atoms with van der Waals surface area (Å²) in [4.78, 5) is 41.5. The van der Waals surface area contributed by atoms with E-state index in [4.69, 9.17) is 5.11 Å². The van der Waals surface area contributed by atoms with Gasteiger partial charge in [0.2, 0.25) is 11.6 Å². The maximum atomic E-state index is 12.1. The molecule has 11 heteroatoms. The van der Waals surface area contributed by atoms with E-state index in [-0.39, 0.29) is 17.2 Å². The van der Waals surface area contributed by atoms with Crippen LogP contribution in [-0.4, -0.2) is 31.9 Å². The highest BCUT2D eigenvalue weighted by Crippen LogP contribution is 2.30. The summed E-state index contributed by atoms with van der Waals surface area (Å²) < 4.78 is 0. The highest BCUT2D eigenvalue weighted by Gasteiger charge is 2.23. The lowest BCUT2D eigenvalue weighted by atomic mass is 10.2. The van der Waals surface area contributed by atoms with E-state index in [1.807, 2.05) is 0 Å². The number of nitrogens with zero attached hydrogens (tertiary/aromatic N) is 3. The number of nitro groups is 1. The fourth-order valence-electron chi connectivity index (χ4n) is 2.35. The van der Waals surface area contributed by atoms with Gasteiger partial charge in [0.05, 0.1) is 10.5 Å². The second kappa shape index (κ2) is 8.43. The molecule has 0 aliphatic heterocycles. The molecule has 0 bridgehead atoms. The normalized spacial score (nSPS) is 10.1. The first-order valence-corrected chi connectivity index (χ1v) is 8.17. The van der Waals surface area contributed by atoms with E-state index in [0.29, 0.717) is 11.3 Å². The third-order valence-electron chi connectivity index (χ3n) is 3.73. The molecule has 2 aromatic carbocycles. The van der Waals surface area contributed by atoms with Crippen LogP contribution in [-0.2, 0) is 0 Å². The predicted octanol–water partition coefficient (Wildman–Crippen LogP) is 2.58. The Morgan fingerprint density at radius 1 is 0.931 bits per heavy atom. The molecule has 0 saturated carbocycles. The van der Waals surface area contributed by atoms with Crippen molar-refractivity contribution in [2.24, 2.45) is 0 Å². The number of anilines is 3. The standard InChI is InChI=1S/C18H14N6O5/c25-17(11-4-2-1-3-5-11)23-22-16-14(24(28)29)15(19-10-20-16)21-13-8-6-12(7-9-13)18(26)27/h1-10H,(H,23,25)(H,26,27)(H2,19,20,21,22). The largest absolute Gasteiger partial charge is 0.478 e. The summed E-state index contributed by atoms with van der Waals surface area (Å²) in [5.41, 5.74) is 5.09. The minimum Gasteiger partial charge on any atom is -0.478 e. The van der Waals surface area contributed by atoms with Crippen LogP contribution < -0.4 is 16.2 Å². The van der Waals surface area contributed by atoms with Gasteiger partial charge in [-0.25, -0.2) is 14.8 Å². The van der Waals surface area contributed by atoms with E-state index in [0.717, 1.165) is 6.33 Å². The van der Waals surface area contributed by atoms with Gasteiger partial charge < -0.3 is 10.4 Å². The van der Waals surface area contributed by atoms with Crippen molar-refractivity contribution in [1.82, 2.24) is 15.4 Å². The number of rotatable bonds is 7. The number of hydrogen-bond acceptors (Lipinski definition) is 8. The predicted molar refractivity (Wildman–Crippen MR) is 103 cm³/mol. The first-order valence-electron chi connectivity index (χ1n) is 8.17. The molecule has 1 amide bonds. The van der Waals surface area contributed by atoms with Crippen LogP contribution in [0.1, 0.15) is 20.7 Å². The van der Waals surface area contributed by atoms with Gasteiger partial charge in [-0.15, -0.1) is 0 Å². The zero-order valence-corrected chi connectivity index (χ0v) is 14.7. The first-order chi connectivity index (χ1) is 14.0. The van der Waals surface area contributed by atoms with Crippen LogP contribution >= 0.6 is 0 Å². The highest BCUT2D eigenvalue weighted by atomic mass is 16.6. The number of amides is 1. The molecule has 0 unspecified atom stereocenters. The average molecular weight is 394 g/mol. The van der Waals surface area contributed by atoms with Gasteiger partial charge in [0.1, 0.15) is 6.33 Å². The number of carbonyl (C=O) groups excluding carboxylic acids is 1. The third-order valence-corrected chi connectivity index (χ3v) is 3.73. The van der Waals surface area contributed by atoms with Crippen LogP contribution in [0.4, 0.5) is 23.0 Å². The zero-order valence-electron chi connectivity index (χ0n) is 14.7. The Balaban J connectivity index is 1.81. The van der Waals surface area contributed by atoms with E-state index in [9.17, 15) is 19.7 Å². The van der Waals surface area contributed by atoms with Crippen molar-refractivity contribution >= 4 is 34.9 Å². The molecular weight excluding hydrogens is 380 g/mol. The number of carbonyl (C=O) groups is 2. The Bertz CT molecular complexity index is 1060. The van der Waals surface area contributed by atoms with E-state index in [1.54, 1.807) is 30.3 Å². The number of nitrogens with one attached hydrogen (secondary N) is 3. The lowest BCUT2D eigenvalue weighted by Crippen LogP contribution is -2.30. The summed E-state index contributed by atoms with van der Waals surface area (Å²) in [6, 6.07) is 13.9. The van der Waals surface area contributed by atoms with Crippen LogP contribution in [0, 0.1) is 10.1 Å². The van der Waals surface area contributed by atoms with E-state index >= 15 is 0 Å². The fourth-order valence-corrected chi connectivity index (χ4v) is 2.35. The molecule has 3 rings (SSSR count). The number of hydrogen-bond donors (Lipinski definition) is 4. The van der Waals surface area contributed by atoms with Gasteiger partial charge in [0.25, 0.3) is 5.91 Å². The number of aromatic carboxylic acids is 1. The second-order valence-corrected chi connectivity index (χ2v) is 5.63. The van der Waals surface area contributed by atoms with Gasteiger partial charge in [-0.3, -0.25) is 25.8 Å². The zero-order chi connectivity index (χ0) is 20.8. The van der Waals surface area contributed by atoms with Crippen molar-refractivity contribution in [3.05, 3.63) is 82.2 Å². The number of hydrazine groups is 1. The SMILES string of the molecule is O=C(O)c1ccc(Nc2ncnc(NNC(=O)c3ccccc3)c2[N+](=O)[O-])cc1. The molecule has 1 aromatic heterocycles. The van der Waals surface area contributed by atoms with E-state index in [2.05, 4.69) is 26.1 Å². The summed E-state index contributed by atoms with van der Waals surface area (Å²) in [6.45, 7) is 0. The van der Waals surface area contributed by atoms with E-state index in [1.165, 1.54) is 24.3 Å². The third kappa shape index (κ3) is 4.60. The molecule has 0 fully saturated rings. The smallest absolute Gasteiger partial charge is 0.355 e. The Labute approximate surface area is 163 Å². The summed E-state index contributed by atoms with van der Waals surface area (Å²) in [5.74, 6) is -1.95. The molecular formula is C18H14N6O5. The average Bonchev–Trinajstić information content (AvgIpc) is 2.73. The molecule has 1 heterocycles. The van der Waals surface area contributed by atoms with Crippen molar-refractivity contribution in [3.63, 3.8) is 0 Å². The van der Waals surface area contributed by atoms with Crippen molar-refractivity contribution in [3.8, 4) is 0 Å². The van der Waals surface area contributed by atoms with Gasteiger partial charge in [0.15, 0.2) is 0 Å².